The van der Waals surface area contributed by atoms with E-state index in [9.17, 15) is 4.79 Å². The van der Waals surface area contributed by atoms with Gasteiger partial charge in [0.2, 0.25) is 5.88 Å². The highest BCUT2D eigenvalue weighted by Gasteiger charge is 2.22. The number of aldehydes is 1. The Morgan fingerprint density at radius 2 is 2.00 bits per heavy atom. The Morgan fingerprint density at radius 3 is 2.47 bits per heavy atom. The monoisotopic (exact) mass is 326 g/mol. The molecule has 2 rings (SSSR count). The molecule has 0 aliphatic heterocycles. The number of hydrogen-bond acceptors (Lipinski definition) is 6. The fourth-order valence-electron chi connectivity index (χ4n) is 1.77. The molecule has 0 saturated carbocycles. The zero-order chi connectivity index (χ0) is 14.0. The minimum absolute atomic E-state index is 0.183. The molecule has 0 aliphatic rings. The minimum atomic E-state index is 0.183. The fourth-order valence-corrected chi connectivity index (χ4v) is 2.40. The van der Waals surface area contributed by atoms with Crippen LogP contribution in [0.2, 0.25) is 0 Å². The summed E-state index contributed by atoms with van der Waals surface area (Å²) in [6.45, 7) is 0. The first-order chi connectivity index (χ1) is 9.12. The van der Waals surface area contributed by atoms with Gasteiger partial charge in [0.15, 0.2) is 17.8 Å². The van der Waals surface area contributed by atoms with Crippen LogP contribution >= 0.6 is 15.9 Å². The summed E-state index contributed by atoms with van der Waals surface area (Å²) >= 11 is 3.37. The Bertz CT molecular complexity index is 624. The van der Waals surface area contributed by atoms with Crippen LogP contribution in [0.15, 0.2) is 21.1 Å². The van der Waals surface area contributed by atoms with Gasteiger partial charge >= 0.3 is 0 Å². The van der Waals surface area contributed by atoms with Gasteiger partial charge in [0.05, 0.1) is 25.3 Å². The van der Waals surface area contributed by atoms with Crippen LogP contribution in [0.5, 0.6) is 11.5 Å². The quantitative estimate of drug-likeness (QED) is 0.868. The third-order valence-corrected chi connectivity index (χ3v) is 3.16. The Morgan fingerprint density at radius 1 is 1.32 bits per heavy atom. The molecular formula is C12H11BrN2O4. The Balaban J connectivity index is 2.76. The third-order valence-electron chi connectivity index (χ3n) is 2.54. The van der Waals surface area contributed by atoms with E-state index in [4.69, 9.17) is 19.7 Å². The molecule has 0 amide bonds. The Labute approximate surface area is 117 Å². The zero-order valence-corrected chi connectivity index (χ0v) is 11.9. The van der Waals surface area contributed by atoms with Crippen LogP contribution in [0.4, 0.5) is 5.88 Å². The summed E-state index contributed by atoms with van der Waals surface area (Å²) in [6.07, 6.45) is 0.688. The molecule has 6 nitrogen and oxygen atoms in total. The molecule has 0 radical (unpaired) electrons. The van der Waals surface area contributed by atoms with Crippen molar-refractivity contribution in [2.24, 2.45) is 0 Å². The van der Waals surface area contributed by atoms with Crippen molar-refractivity contribution < 1.29 is 18.8 Å². The number of methoxy groups -OCH3 is 2. The highest BCUT2D eigenvalue weighted by Crippen LogP contribution is 2.44. The molecule has 1 aromatic heterocycles. The van der Waals surface area contributed by atoms with Gasteiger partial charge in [-0.1, -0.05) is 5.16 Å². The summed E-state index contributed by atoms with van der Waals surface area (Å²) in [5.41, 5.74) is 6.96. The molecule has 0 spiro atoms. The molecule has 0 atom stereocenters. The maximum Gasteiger partial charge on any atom is 0.222 e. The van der Waals surface area contributed by atoms with Crippen molar-refractivity contribution in [1.82, 2.24) is 5.16 Å². The van der Waals surface area contributed by atoms with Gasteiger partial charge in [-0.15, -0.1) is 0 Å². The number of carbonyl (C=O) groups is 1. The van der Waals surface area contributed by atoms with E-state index >= 15 is 0 Å². The maximum atomic E-state index is 11.0. The molecule has 0 aliphatic carbocycles. The number of rotatable bonds is 4. The van der Waals surface area contributed by atoms with Gasteiger partial charge < -0.3 is 19.7 Å². The van der Waals surface area contributed by atoms with E-state index in [0.717, 1.165) is 0 Å². The van der Waals surface area contributed by atoms with Crippen molar-refractivity contribution in [2.75, 3.05) is 20.0 Å². The molecule has 100 valence electrons. The molecule has 0 fully saturated rings. The molecule has 0 bridgehead atoms. The molecule has 0 saturated heterocycles. The van der Waals surface area contributed by atoms with Crippen LogP contribution < -0.4 is 15.2 Å². The normalized spacial score (nSPS) is 10.3. The number of nitrogen functional groups attached to an aromatic ring is 1. The van der Waals surface area contributed by atoms with E-state index in [-0.39, 0.29) is 5.88 Å². The lowest BCUT2D eigenvalue weighted by atomic mass is 10.1. The number of aromatic nitrogens is 1. The van der Waals surface area contributed by atoms with Gasteiger partial charge in [0.1, 0.15) is 5.69 Å². The van der Waals surface area contributed by atoms with Crippen molar-refractivity contribution in [3.63, 3.8) is 0 Å². The predicted molar refractivity (Wildman–Crippen MR) is 72.5 cm³/mol. The summed E-state index contributed by atoms with van der Waals surface area (Å²) in [5, 5.41) is 3.83. The third kappa shape index (κ3) is 2.28. The van der Waals surface area contributed by atoms with E-state index in [1.54, 1.807) is 12.1 Å². The van der Waals surface area contributed by atoms with Crippen molar-refractivity contribution in [1.29, 1.82) is 0 Å². The van der Waals surface area contributed by atoms with E-state index < -0.39 is 0 Å². The SMILES string of the molecule is COc1c(C=O)cc(Br)c(-c2cc(N)on2)c1OC. The van der Waals surface area contributed by atoms with Crippen LogP contribution in [0.1, 0.15) is 10.4 Å². The summed E-state index contributed by atoms with van der Waals surface area (Å²) in [4.78, 5) is 11.0. The molecule has 1 aromatic carbocycles. The van der Waals surface area contributed by atoms with Crippen LogP contribution in [-0.4, -0.2) is 25.7 Å². The lowest BCUT2D eigenvalue weighted by Crippen LogP contribution is -1.99. The van der Waals surface area contributed by atoms with Gasteiger partial charge in [0, 0.05) is 10.5 Å². The Kier molecular flexibility index (Phi) is 3.75. The number of anilines is 1. The second-order valence-electron chi connectivity index (χ2n) is 3.62. The maximum absolute atomic E-state index is 11.0. The first kappa shape index (κ1) is 13.4. The summed E-state index contributed by atoms with van der Waals surface area (Å²) in [5.74, 6) is 0.895. The number of halogens is 1. The second kappa shape index (κ2) is 5.31. The molecule has 2 aromatic rings. The lowest BCUT2D eigenvalue weighted by molar-refractivity contribution is 0.112. The number of nitrogens with zero attached hydrogens (tertiary/aromatic N) is 1. The number of nitrogens with two attached hydrogens (primary N) is 1. The molecule has 0 unspecified atom stereocenters. The van der Waals surface area contributed by atoms with E-state index in [0.29, 0.717) is 39.1 Å². The topological polar surface area (TPSA) is 87.6 Å². The van der Waals surface area contributed by atoms with E-state index in [1.807, 2.05) is 0 Å². The van der Waals surface area contributed by atoms with Crippen molar-refractivity contribution >= 4 is 28.1 Å². The number of ether oxygens (including phenoxy) is 2. The predicted octanol–water partition coefficient (Wildman–Crippen LogP) is 2.52. The van der Waals surface area contributed by atoms with Gasteiger partial charge in [-0.3, -0.25) is 4.79 Å². The second-order valence-corrected chi connectivity index (χ2v) is 4.48. The first-order valence-corrected chi connectivity index (χ1v) is 6.03. The van der Waals surface area contributed by atoms with Crippen LogP contribution in [0.3, 0.4) is 0 Å². The van der Waals surface area contributed by atoms with Gasteiger partial charge in [-0.05, 0) is 22.0 Å². The highest BCUT2D eigenvalue weighted by atomic mass is 79.9. The Hall–Kier alpha value is -2.02. The van der Waals surface area contributed by atoms with Crippen LogP contribution in [0.25, 0.3) is 11.3 Å². The average molecular weight is 327 g/mol. The van der Waals surface area contributed by atoms with Gasteiger partial charge in [-0.2, -0.15) is 0 Å². The van der Waals surface area contributed by atoms with Crippen molar-refractivity contribution in [3.8, 4) is 22.8 Å². The molecule has 19 heavy (non-hydrogen) atoms. The van der Waals surface area contributed by atoms with Crippen molar-refractivity contribution in [2.45, 2.75) is 0 Å². The summed E-state index contributed by atoms with van der Waals surface area (Å²) in [7, 11) is 2.94. The van der Waals surface area contributed by atoms with Gasteiger partial charge in [0.25, 0.3) is 0 Å². The van der Waals surface area contributed by atoms with E-state index in [2.05, 4.69) is 21.1 Å². The van der Waals surface area contributed by atoms with Crippen molar-refractivity contribution in [3.05, 3.63) is 22.2 Å². The van der Waals surface area contributed by atoms with Crippen LogP contribution in [0, 0.1) is 0 Å². The van der Waals surface area contributed by atoms with Gasteiger partial charge in [-0.25, -0.2) is 0 Å². The molecular weight excluding hydrogens is 316 g/mol. The fraction of sp³-hybridized carbons (Fsp3) is 0.167. The lowest BCUT2D eigenvalue weighted by Gasteiger charge is -2.14. The number of hydrogen-bond donors (Lipinski definition) is 1. The number of benzene rings is 1. The standard InChI is InChI=1S/C12H11BrN2O4/c1-17-11-6(5-16)3-7(13)10(12(11)18-2)8-4-9(14)19-15-8/h3-5H,14H2,1-2H3. The zero-order valence-electron chi connectivity index (χ0n) is 10.3. The first-order valence-electron chi connectivity index (χ1n) is 5.24. The average Bonchev–Trinajstić information content (AvgIpc) is 2.83. The summed E-state index contributed by atoms with van der Waals surface area (Å²) < 4.78 is 16.0. The molecule has 1 heterocycles. The largest absolute Gasteiger partial charge is 0.492 e. The van der Waals surface area contributed by atoms with E-state index in [1.165, 1.54) is 14.2 Å². The molecule has 7 heteroatoms. The smallest absolute Gasteiger partial charge is 0.222 e. The summed E-state index contributed by atoms with van der Waals surface area (Å²) in [6, 6.07) is 3.18. The number of carbonyl (C=O) groups excluding carboxylic acids is 1. The van der Waals surface area contributed by atoms with Crippen LogP contribution in [-0.2, 0) is 0 Å². The minimum Gasteiger partial charge on any atom is -0.492 e. The molecule has 2 N–H and O–H groups in total. The highest BCUT2D eigenvalue weighted by molar-refractivity contribution is 9.10.